The van der Waals surface area contributed by atoms with E-state index in [9.17, 15) is 4.79 Å². The summed E-state index contributed by atoms with van der Waals surface area (Å²) in [7, 11) is 0. The average Bonchev–Trinajstić information content (AvgIpc) is 3.17. The number of fused-ring (bicyclic) bond motifs is 1. The van der Waals surface area contributed by atoms with Crippen LogP contribution in [-0.2, 0) is 0 Å². The van der Waals surface area contributed by atoms with Crippen LogP contribution in [0.25, 0.3) is 5.69 Å². The molecule has 6 heteroatoms. The fourth-order valence-corrected chi connectivity index (χ4v) is 3.28. The van der Waals surface area contributed by atoms with Gasteiger partial charge >= 0.3 is 0 Å². The van der Waals surface area contributed by atoms with Crippen molar-refractivity contribution in [1.29, 1.82) is 0 Å². The monoisotopic (exact) mass is 333 g/mol. The highest BCUT2D eigenvalue weighted by Gasteiger charge is 2.30. The van der Waals surface area contributed by atoms with Crippen LogP contribution in [0.1, 0.15) is 28.5 Å². The van der Waals surface area contributed by atoms with E-state index in [1.165, 1.54) is 0 Å². The van der Waals surface area contributed by atoms with Gasteiger partial charge in [0.2, 0.25) is 5.82 Å². The first kappa shape index (κ1) is 15.5. The molecule has 1 amide bonds. The molecular formula is C19H19N5O. The fourth-order valence-electron chi connectivity index (χ4n) is 3.28. The summed E-state index contributed by atoms with van der Waals surface area (Å²) in [6.45, 7) is 1.21. The molecule has 126 valence electrons. The summed E-state index contributed by atoms with van der Waals surface area (Å²) in [5.41, 5.74) is 8.78. The molecule has 25 heavy (non-hydrogen) atoms. The predicted octanol–water partition coefficient (Wildman–Crippen LogP) is 2.36. The van der Waals surface area contributed by atoms with Crippen molar-refractivity contribution in [1.82, 2.24) is 14.8 Å². The van der Waals surface area contributed by atoms with Gasteiger partial charge in [-0.05, 0) is 42.6 Å². The molecule has 1 aliphatic heterocycles. The van der Waals surface area contributed by atoms with Gasteiger partial charge in [-0.3, -0.25) is 4.79 Å². The van der Waals surface area contributed by atoms with E-state index in [0.717, 1.165) is 23.4 Å². The Bertz CT molecular complexity index is 890. The molecule has 2 aromatic carbocycles. The normalized spacial score (nSPS) is 16.5. The summed E-state index contributed by atoms with van der Waals surface area (Å²) < 4.78 is 1.62. The van der Waals surface area contributed by atoms with Crippen molar-refractivity contribution in [3.05, 3.63) is 72.3 Å². The highest BCUT2D eigenvalue weighted by Crippen LogP contribution is 2.35. The molecule has 0 aliphatic carbocycles. The van der Waals surface area contributed by atoms with Crippen LogP contribution in [0.4, 0.5) is 5.69 Å². The first-order chi connectivity index (χ1) is 12.3. The lowest BCUT2D eigenvalue weighted by Crippen LogP contribution is -2.38. The molecule has 1 aliphatic rings. The molecule has 2 heterocycles. The second-order valence-corrected chi connectivity index (χ2v) is 6.09. The summed E-state index contributed by atoms with van der Waals surface area (Å²) in [5, 5.41) is 4.36. The van der Waals surface area contributed by atoms with E-state index in [1.54, 1.807) is 15.9 Å². The molecule has 4 rings (SSSR count). The van der Waals surface area contributed by atoms with Crippen molar-refractivity contribution < 1.29 is 4.79 Å². The Balaban J connectivity index is 1.65. The number of hydrogen-bond donors (Lipinski definition) is 1. The first-order valence-electron chi connectivity index (χ1n) is 8.36. The zero-order chi connectivity index (χ0) is 17.2. The lowest BCUT2D eigenvalue weighted by molar-refractivity contribution is 0.0974. The molecule has 0 saturated heterocycles. The number of carbonyl (C=O) groups excluding carboxylic acids is 1. The van der Waals surface area contributed by atoms with E-state index < -0.39 is 0 Å². The average molecular weight is 333 g/mol. The van der Waals surface area contributed by atoms with E-state index in [1.807, 2.05) is 54.6 Å². The predicted molar refractivity (Wildman–Crippen MR) is 95.9 cm³/mol. The number of aromatic nitrogens is 3. The van der Waals surface area contributed by atoms with Crippen LogP contribution < -0.4 is 10.6 Å². The molecule has 0 fully saturated rings. The number of nitrogens with zero attached hydrogens (tertiary/aromatic N) is 4. The number of carbonyl (C=O) groups is 1. The quantitative estimate of drug-likeness (QED) is 0.798. The van der Waals surface area contributed by atoms with Gasteiger partial charge < -0.3 is 10.6 Å². The van der Waals surface area contributed by atoms with Gasteiger partial charge in [0.05, 0.1) is 5.69 Å². The molecule has 1 atom stereocenters. The SMILES string of the molecule is NCC1CCN(C(=O)c2ncn(-c3ccccc3)n2)c2ccccc21. The van der Waals surface area contributed by atoms with Gasteiger partial charge in [0, 0.05) is 12.2 Å². The third-order valence-electron chi connectivity index (χ3n) is 4.60. The van der Waals surface area contributed by atoms with Crippen molar-refractivity contribution in [3.63, 3.8) is 0 Å². The maximum atomic E-state index is 13.0. The topological polar surface area (TPSA) is 77.0 Å². The molecule has 2 N–H and O–H groups in total. The molecule has 0 saturated carbocycles. The summed E-state index contributed by atoms with van der Waals surface area (Å²) in [6, 6.07) is 17.6. The Labute approximate surface area is 145 Å². The molecule has 1 aromatic heterocycles. The minimum absolute atomic E-state index is 0.183. The highest BCUT2D eigenvalue weighted by molar-refractivity contribution is 6.04. The first-order valence-corrected chi connectivity index (χ1v) is 8.36. The maximum absolute atomic E-state index is 13.0. The largest absolute Gasteiger partial charge is 0.330 e. The van der Waals surface area contributed by atoms with Gasteiger partial charge in [-0.15, -0.1) is 5.10 Å². The van der Waals surface area contributed by atoms with Crippen LogP contribution in [0.5, 0.6) is 0 Å². The van der Waals surface area contributed by atoms with Crippen molar-refractivity contribution in [2.24, 2.45) is 5.73 Å². The van der Waals surface area contributed by atoms with Crippen LogP contribution in [0.2, 0.25) is 0 Å². The third-order valence-corrected chi connectivity index (χ3v) is 4.60. The van der Waals surface area contributed by atoms with Gasteiger partial charge in [-0.25, -0.2) is 9.67 Å². The van der Waals surface area contributed by atoms with Crippen LogP contribution in [0, 0.1) is 0 Å². The van der Waals surface area contributed by atoms with Crippen molar-refractivity contribution in [2.45, 2.75) is 12.3 Å². The number of rotatable bonds is 3. The van der Waals surface area contributed by atoms with E-state index in [4.69, 9.17) is 5.73 Å². The van der Waals surface area contributed by atoms with Crippen LogP contribution >= 0.6 is 0 Å². The Morgan fingerprint density at radius 2 is 1.88 bits per heavy atom. The summed E-state index contributed by atoms with van der Waals surface area (Å²) in [6.07, 6.45) is 2.42. The third kappa shape index (κ3) is 2.81. The van der Waals surface area contributed by atoms with Crippen LogP contribution in [0.15, 0.2) is 60.9 Å². The van der Waals surface area contributed by atoms with Crippen molar-refractivity contribution in [2.75, 3.05) is 18.0 Å². The smallest absolute Gasteiger partial charge is 0.297 e. The Kier molecular flexibility index (Phi) is 4.03. The second kappa shape index (κ2) is 6.49. The van der Waals surface area contributed by atoms with E-state index >= 15 is 0 Å². The lowest BCUT2D eigenvalue weighted by Gasteiger charge is -2.33. The van der Waals surface area contributed by atoms with Crippen LogP contribution in [0.3, 0.4) is 0 Å². The van der Waals surface area contributed by atoms with Crippen molar-refractivity contribution in [3.8, 4) is 5.69 Å². The van der Waals surface area contributed by atoms with Crippen molar-refractivity contribution >= 4 is 11.6 Å². The number of benzene rings is 2. The minimum Gasteiger partial charge on any atom is -0.330 e. The number of anilines is 1. The lowest BCUT2D eigenvalue weighted by atomic mass is 9.90. The molecule has 1 unspecified atom stereocenters. The number of hydrogen-bond acceptors (Lipinski definition) is 4. The Morgan fingerprint density at radius 3 is 2.68 bits per heavy atom. The minimum atomic E-state index is -0.183. The molecule has 0 bridgehead atoms. The standard InChI is InChI=1S/C19H19N5O/c20-12-14-10-11-23(17-9-5-4-8-16(14)17)19(25)18-21-13-24(22-18)15-6-2-1-3-7-15/h1-9,13-14H,10-12,20H2. The molecular weight excluding hydrogens is 314 g/mol. The molecule has 0 radical (unpaired) electrons. The molecule has 6 nitrogen and oxygen atoms in total. The number of para-hydroxylation sites is 2. The van der Waals surface area contributed by atoms with Gasteiger partial charge in [0.25, 0.3) is 5.91 Å². The zero-order valence-electron chi connectivity index (χ0n) is 13.7. The Morgan fingerprint density at radius 1 is 1.12 bits per heavy atom. The summed E-state index contributed by atoms with van der Waals surface area (Å²) in [4.78, 5) is 18.9. The molecule has 0 spiro atoms. The van der Waals surface area contributed by atoms with E-state index in [-0.39, 0.29) is 17.6 Å². The summed E-state index contributed by atoms with van der Waals surface area (Å²) >= 11 is 0. The number of amides is 1. The van der Waals surface area contributed by atoms with Gasteiger partial charge in [0.15, 0.2) is 0 Å². The zero-order valence-corrected chi connectivity index (χ0v) is 13.7. The maximum Gasteiger partial charge on any atom is 0.297 e. The molecule has 3 aromatic rings. The summed E-state index contributed by atoms with van der Waals surface area (Å²) in [5.74, 6) is 0.303. The van der Waals surface area contributed by atoms with Crippen LogP contribution in [-0.4, -0.2) is 33.8 Å². The fraction of sp³-hybridized carbons (Fsp3) is 0.211. The van der Waals surface area contributed by atoms with Gasteiger partial charge in [-0.2, -0.15) is 0 Å². The van der Waals surface area contributed by atoms with E-state index in [2.05, 4.69) is 10.1 Å². The Hall–Kier alpha value is -2.99. The van der Waals surface area contributed by atoms with Gasteiger partial charge in [-0.1, -0.05) is 36.4 Å². The second-order valence-electron chi connectivity index (χ2n) is 6.09. The number of nitrogens with two attached hydrogens (primary N) is 1. The van der Waals surface area contributed by atoms with E-state index in [0.29, 0.717) is 13.1 Å². The van der Waals surface area contributed by atoms with Gasteiger partial charge in [0.1, 0.15) is 6.33 Å². The highest BCUT2D eigenvalue weighted by atomic mass is 16.2.